The number of anilines is 1. The van der Waals surface area contributed by atoms with Gasteiger partial charge in [-0.2, -0.15) is 0 Å². The van der Waals surface area contributed by atoms with Crippen molar-refractivity contribution in [3.63, 3.8) is 0 Å². The van der Waals surface area contributed by atoms with Gasteiger partial charge in [-0.15, -0.1) is 0 Å². The Morgan fingerprint density at radius 2 is 2.50 bits per heavy atom. The summed E-state index contributed by atoms with van der Waals surface area (Å²) in [7, 11) is 0. The van der Waals surface area contributed by atoms with Crippen LogP contribution in [0.5, 0.6) is 0 Å². The molecule has 0 saturated carbocycles. The van der Waals surface area contributed by atoms with Crippen LogP contribution in [0.2, 0.25) is 0 Å². The monoisotopic (exact) mass is 165 g/mol. The van der Waals surface area contributed by atoms with E-state index in [-0.39, 0.29) is 6.10 Å². The van der Waals surface area contributed by atoms with Crippen LogP contribution in [0.15, 0.2) is 12.5 Å². The van der Waals surface area contributed by atoms with Crippen molar-refractivity contribution in [2.24, 2.45) is 0 Å². The number of nitrogens with zero attached hydrogens (tertiary/aromatic N) is 2. The highest BCUT2D eigenvalue weighted by molar-refractivity contribution is 5.40. The number of nitrogens with two attached hydrogens (primary N) is 1. The number of nitrogen functional groups attached to an aromatic ring is 1. The van der Waals surface area contributed by atoms with E-state index in [1.807, 2.05) is 0 Å². The molecule has 2 N–H and O–H groups in total. The quantitative estimate of drug-likeness (QED) is 0.671. The fourth-order valence-corrected chi connectivity index (χ4v) is 1.41. The lowest BCUT2D eigenvalue weighted by molar-refractivity contribution is 0.109. The predicted octanol–water partition coefficient (Wildman–Crippen LogP) is 0.910. The molecule has 1 aromatic heterocycles. The summed E-state index contributed by atoms with van der Waals surface area (Å²) in [5, 5.41) is 0. The summed E-state index contributed by atoms with van der Waals surface area (Å²) >= 11 is 0. The Hall–Kier alpha value is -1.16. The Labute approximate surface area is 70.8 Å². The van der Waals surface area contributed by atoms with E-state index in [4.69, 9.17) is 10.5 Å². The number of hydrogen-bond donors (Lipinski definition) is 1. The first-order valence-corrected chi connectivity index (χ1v) is 4.05. The fourth-order valence-electron chi connectivity index (χ4n) is 1.41. The molecule has 1 fully saturated rings. The van der Waals surface area contributed by atoms with E-state index in [0.29, 0.717) is 5.69 Å². The lowest BCUT2D eigenvalue weighted by Gasteiger charge is -2.09. The third-order valence-corrected chi connectivity index (χ3v) is 2.01. The van der Waals surface area contributed by atoms with E-state index in [9.17, 15) is 0 Å². The van der Waals surface area contributed by atoms with E-state index in [2.05, 4.69) is 9.97 Å². The molecule has 2 rings (SSSR count). The molecule has 2 heterocycles. The molecule has 12 heavy (non-hydrogen) atoms. The van der Waals surface area contributed by atoms with Crippen molar-refractivity contribution < 1.29 is 4.74 Å². The smallest absolute Gasteiger partial charge is 0.115 e. The average molecular weight is 165 g/mol. The number of ether oxygens (including phenoxy) is 1. The lowest BCUT2D eigenvalue weighted by Crippen LogP contribution is -2.04. The topological polar surface area (TPSA) is 61.0 Å². The van der Waals surface area contributed by atoms with Crippen molar-refractivity contribution in [2.75, 3.05) is 12.3 Å². The number of rotatable bonds is 1. The molecule has 0 amide bonds. The van der Waals surface area contributed by atoms with E-state index in [0.717, 1.165) is 25.1 Å². The Balaban J connectivity index is 2.26. The molecule has 1 unspecified atom stereocenters. The summed E-state index contributed by atoms with van der Waals surface area (Å²) in [6.45, 7) is 0.814. The SMILES string of the molecule is Nc1cncnc1C1CCCO1. The molecule has 1 saturated heterocycles. The van der Waals surface area contributed by atoms with Crippen molar-refractivity contribution in [1.82, 2.24) is 9.97 Å². The van der Waals surface area contributed by atoms with Gasteiger partial charge in [-0.25, -0.2) is 9.97 Å². The number of hydrogen-bond acceptors (Lipinski definition) is 4. The second-order valence-corrected chi connectivity index (χ2v) is 2.86. The minimum absolute atomic E-state index is 0.0907. The highest BCUT2D eigenvalue weighted by Gasteiger charge is 2.20. The van der Waals surface area contributed by atoms with Crippen molar-refractivity contribution in [3.05, 3.63) is 18.2 Å². The van der Waals surface area contributed by atoms with Gasteiger partial charge < -0.3 is 10.5 Å². The molecular formula is C8H11N3O. The average Bonchev–Trinajstić information content (AvgIpc) is 2.57. The zero-order chi connectivity index (χ0) is 8.39. The van der Waals surface area contributed by atoms with Crippen molar-refractivity contribution in [1.29, 1.82) is 0 Å². The highest BCUT2D eigenvalue weighted by Crippen LogP contribution is 2.29. The van der Waals surface area contributed by atoms with Gasteiger partial charge in [0.05, 0.1) is 17.6 Å². The van der Waals surface area contributed by atoms with Crippen molar-refractivity contribution in [2.45, 2.75) is 18.9 Å². The molecular weight excluding hydrogens is 154 g/mol. The predicted molar refractivity (Wildman–Crippen MR) is 44.4 cm³/mol. The van der Waals surface area contributed by atoms with Crippen LogP contribution < -0.4 is 5.73 Å². The molecule has 64 valence electrons. The van der Waals surface area contributed by atoms with Crippen LogP contribution in [0, 0.1) is 0 Å². The molecule has 1 aliphatic rings. The summed E-state index contributed by atoms with van der Waals surface area (Å²) in [5.74, 6) is 0. The second-order valence-electron chi connectivity index (χ2n) is 2.86. The molecule has 4 heteroatoms. The van der Waals surface area contributed by atoms with Crippen LogP contribution in [0.25, 0.3) is 0 Å². The van der Waals surface area contributed by atoms with E-state index < -0.39 is 0 Å². The molecule has 0 aliphatic carbocycles. The van der Waals surface area contributed by atoms with Gasteiger partial charge >= 0.3 is 0 Å². The van der Waals surface area contributed by atoms with Crippen LogP contribution in [-0.2, 0) is 4.74 Å². The van der Waals surface area contributed by atoms with Gasteiger partial charge in [-0.05, 0) is 12.8 Å². The maximum Gasteiger partial charge on any atom is 0.115 e. The van der Waals surface area contributed by atoms with Gasteiger partial charge in [-0.1, -0.05) is 0 Å². The first-order chi connectivity index (χ1) is 5.88. The van der Waals surface area contributed by atoms with E-state index >= 15 is 0 Å². The molecule has 0 aromatic carbocycles. The van der Waals surface area contributed by atoms with E-state index in [1.165, 1.54) is 6.33 Å². The van der Waals surface area contributed by atoms with Gasteiger partial charge in [0, 0.05) is 6.61 Å². The van der Waals surface area contributed by atoms with E-state index in [1.54, 1.807) is 6.20 Å². The fraction of sp³-hybridized carbons (Fsp3) is 0.500. The third kappa shape index (κ3) is 1.25. The number of aromatic nitrogens is 2. The maximum absolute atomic E-state index is 5.70. The maximum atomic E-state index is 5.70. The van der Waals surface area contributed by atoms with Crippen LogP contribution in [0.4, 0.5) is 5.69 Å². The Morgan fingerprint density at radius 1 is 1.58 bits per heavy atom. The van der Waals surface area contributed by atoms with Gasteiger partial charge in [0.1, 0.15) is 12.4 Å². The minimum Gasteiger partial charge on any atom is -0.396 e. The molecule has 0 radical (unpaired) electrons. The van der Waals surface area contributed by atoms with Crippen LogP contribution in [0.1, 0.15) is 24.6 Å². The summed E-state index contributed by atoms with van der Waals surface area (Å²) in [6, 6.07) is 0. The summed E-state index contributed by atoms with van der Waals surface area (Å²) < 4.78 is 5.45. The second kappa shape index (κ2) is 3.06. The van der Waals surface area contributed by atoms with Crippen LogP contribution >= 0.6 is 0 Å². The minimum atomic E-state index is 0.0907. The van der Waals surface area contributed by atoms with Crippen molar-refractivity contribution in [3.8, 4) is 0 Å². The first-order valence-electron chi connectivity index (χ1n) is 4.05. The summed E-state index contributed by atoms with van der Waals surface area (Å²) in [5.41, 5.74) is 7.16. The largest absolute Gasteiger partial charge is 0.396 e. The summed E-state index contributed by atoms with van der Waals surface area (Å²) in [6.07, 6.45) is 5.32. The van der Waals surface area contributed by atoms with Crippen LogP contribution in [0.3, 0.4) is 0 Å². The normalized spacial score (nSPS) is 22.8. The molecule has 1 atom stereocenters. The highest BCUT2D eigenvalue weighted by atomic mass is 16.5. The van der Waals surface area contributed by atoms with Gasteiger partial charge in [-0.3, -0.25) is 0 Å². The first kappa shape index (κ1) is 7.49. The summed E-state index contributed by atoms with van der Waals surface area (Å²) in [4.78, 5) is 7.92. The molecule has 1 aliphatic heterocycles. The van der Waals surface area contributed by atoms with Gasteiger partial charge in [0.25, 0.3) is 0 Å². The van der Waals surface area contributed by atoms with Crippen molar-refractivity contribution >= 4 is 5.69 Å². The molecule has 0 bridgehead atoms. The zero-order valence-electron chi connectivity index (χ0n) is 6.73. The molecule has 1 aromatic rings. The van der Waals surface area contributed by atoms with Gasteiger partial charge in [0.2, 0.25) is 0 Å². The zero-order valence-corrected chi connectivity index (χ0v) is 6.73. The molecule has 4 nitrogen and oxygen atoms in total. The van der Waals surface area contributed by atoms with Crippen LogP contribution in [-0.4, -0.2) is 16.6 Å². The third-order valence-electron chi connectivity index (χ3n) is 2.01. The Morgan fingerprint density at radius 3 is 3.17 bits per heavy atom. The van der Waals surface area contributed by atoms with Gasteiger partial charge in [0.15, 0.2) is 0 Å². The Kier molecular flexibility index (Phi) is 1.91. The standard InChI is InChI=1S/C8H11N3O/c9-6-4-10-5-11-8(6)7-2-1-3-12-7/h4-5,7H,1-3,9H2. The lowest BCUT2D eigenvalue weighted by atomic mass is 10.1. The Bertz CT molecular complexity index is 271. The molecule has 0 spiro atoms.